The molecule has 1 aromatic heterocycles. The number of carbonyl (C=O) groups excluding carboxylic acids is 1. The minimum Gasteiger partial charge on any atom is -0.396 e. The van der Waals surface area contributed by atoms with Crippen LogP contribution >= 0.6 is 0 Å². The highest BCUT2D eigenvalue weighted by Crippen LogP contribution is 2.18. The van der Waals surface area contributed by atoms with Gasteiger partial charge in [0.1, 0.15) is 6.04 Å². The summed E-state index contributed by atoms with van der Waals surface area (Å²) in [6.45, 7) is 5.47. The van der Waals surface area contributed by atoms with Gasteiger partial charge in [-0.05, 0) is 20.8 Å². The van der Waals surface area contributed by atoms with Crippen LogP contribution in [0, 0.1) is 13.8 Å². The summed E-state index contributed by atoms with van der Waals surface area (Å²) in [5.74, 6) is -0.0735. The standard InChI is InChI=1S/C9H16N4O/c1-5-8(10)6(2)13(12-5)7(3)9(14)11-4/h7H,10H2,1-4H3,(H,11,14). The Bertz CT molecular complexity index is 356. The summed E-state index contributed by atoms with van der Waals surface area (Å²) in [6.07, 6.45) is 0. The van der Waals surface area contributed by atoms with Gasteiger partial charge in [0.2, 0.25) is 5.91 Å². The molecule has 14 heavy (non-hydrogen) atoms. The van der Waals surface area contributed by atoms with Crippen molar-refractivity contribution in [3.63, 3.8) is 0 Å². The summed E-state index contributed by atoms with van der Waals surface area (Å²) >= 11 is 0. The number of likely N-dealkylation sites (N-methyl/N-ethyl adjacent to an activating group) is 1. The van der Waals surface area contributed by atoms with Crippen molar-refractivity contribution in [1.29, 1.82) is 0 Å². The van der Waals surface area contributed by atoms with Crippen LogP contribution in [-0.4, -0.2) is 22.7 Å². The molecule has 1 heterocycles. The molecular formula is C9H16N4O. The molecule has 0 saturated heterocycles. The number of hydrogen-bond donors (Lipinski definition) is 2. The summed E-state index contributed by atoms with van der Waals surface area (Å²) in [6, 6.07) is -0.323. The van der Waals surface area contributed by atoms with Crippen LogP contribution in [0.3, 0.4) is 0 Å². The van der Waals surface area contributed by atoms with E-state index >= 15 is 0 Å². The van der Waals surface area contributed by atoms with E-state index in [9.17, 15) is 4.79 Å². The number of carbonyl (C=O) groups is 1. The molecule has 3 N–H and O–H groups in total. The third-order valence-corrected chi connectivity index (χ3v) is 2.37. The van der Waals surface area contributed by atoms with Gasteiger partial charge in [-0.2, -0.15) is 5.10 Å². The van der Waals surface area contributed by atoms with Crippen LogP contribution in [0.1, 0.15) is 24.4 Å². The number of nitrogens with one attached hydrogen (secondary N) is 1. The van der Waals surface area contributed by atoms with E-state index in [1.54, 1.807) is 18.7 Å². The number of nitrogens with two attached hydrogens (primary N) is 1. The first-order valence-corrected chi connectivity index (χ1v) is 4.51. The average molecular weight is 196 g/mol. The van der Waals surface area contributed by atoms with Crippen molar-refractivity contribution in [2.75, 3.05) is 12.8 Å². The predicted octanol–water partition coefficient (Wildman–Crippen LogP) is 0.389. The van der Waals surface area contributed by atoms with Crippen LogP contribution in [0.15, 0.2) is 0 Å². The number of anilines is 1. The van der Waals surface area contributed by atoms with Crippen LogP contribution in [0.2, 0.25) is 0 Å². The predicted molar refractivity (Wildman–Crippen MR) is 54.9 cm³/mol. The van der Waals surface area contributed by atoms with Crippen molar-refractivity contribution in [3.05, 3.63) is 11.4 Å². The van der Waals surface area contributed by atoms with E-state index < -0.39 is 0 Å². The van der Waals surface area contributed by atoms with Crippen molar-refractivity contribution in [2.24, 2.45) is 0 Å². The number of aryl methyl sites for hydroxylation is 1. The summed E-state index contributed by atoms with van der Waals surface area (Å²) in [5.41, 5.74) is 8.01. The summed E-state index contributed by atoms with van der Waals surface area (Å²) < 4.78 is 1.64. The monoisotopic (exact) mass is 196 g/mol. The minimum absolute atomic E-state index is 0.0735. The topological polar surface area (TPSA) is 72.9 Å². The molecule has 5 nitrogen and oxygen atoms in total. The molecule has 0 aromatic carbocycles. The Morgan fingerprint density at radius 1 is 1.57 bits per heavy atom. The minimum atomic E-state index is -0.323. The first-order valence-electron chi connectivity index (χ1n) is 4.51. The molecule has 0 fully saturated rings. The molecule has 0 aliphatic carbocycles. The second-order valence-corrected chi connectivity index (χ2v) is 3.32. The molecule has 0 aliphatic rings. The van der Waals surface area contributed by atoms with E-state index in [1.807, 2.05) is 13.8 Å². The number of nitrogen functional groups attached to an aromatic ring is 1. The zero-order valence-corrected chi connectivity index (χ0v) is 8.96. The van der Waals surface area contributed by atoms with Gasteiger partial charge >= 0.3 is 0 Å². The van der Waals surface area contributed by atoms with Crippen molar-refractivity contribution in [3.8, 4) is 0 Å². The van der Waals surface area contributed by atoms with Gasteiger partial charge < -0.3 is 11.1 Å². The number of aromatic nitrogens is 2. The van der Waals surface area contributed by atoms with Gasteiger partial charge in [-0.25, -0.2) is 0 Å². The Balaban J connectivity index is 3.07. The van der Waals surface area contributed by atoms with Crippen LogP contribution < -0.4 is 11.1 Å². The summed E-state index contributed by atoms with van der Waals surface area (Å²) in [5, 5.41) is 6.79. The number of rotatable bonds is 2. The summed E-state index contributed by atoms with van der Waals surface area (Å²) in [4.78, 5) is 11.4. The lowest BCUT2D eigenvalue weighted by Gasteiger charge is -2.12. The maximum Gasteiger partial charge on any atom is 0.244 e. The van der Waals surface area contributed by atoms with E-state index in [1.165, 1.54) is 0 Å². The second kappa shape index (κ2) is 3.69. The van der Waals surface area contributed by atoms with E-state index in [-0.39, 0.29) is 11.9 Å². The molecule has 0 saturated carbocycles. The van der Waals surface area contributed by atoms with Crippen LogP contribution in [0.25, 0.3) is 0 Å². The zero-order chi connectivity index (χ0) is 10.9. The van der Waals surface area contributed by atoms with Crippen molar-refractivity contribution in [1.82, 2.24) is 15.1 Å². The highest BCUT2D eigenvalue weighted by atomic mass is 16.2. The Kier molecular flexibility index (Phi) is 2.78. The van der Waals surface area contributed by atoms with Gasteiger partial charge in [0.25, 0.3) is 0 Å². The van der Waals surface area contributed by atoms with E-state index in [0.717, 1.165) is 11.4 Å². The second-order valence-electron chi connectivity index (χ2n) is 3.32. The zero-order valence-electron chi connectivity index (χ0n) is 8.96. The van der Waals surface area contributed by atoms with Gasteiger partial charge in [0.15, 0.2) is 0 Å². The fourth-order valence-corrected chi connectivity index (χ4v) is 1.37. The molecule has 0 aliphatic heterocycles. The molecule has 0 radical (unpaired) electrons. The third kappa shape index (κ3) is 1.57. The number of amides is 1. The van der Waals surface area contributed by atoms with Gasteiger partial charge in [0.05, 0.1) is 17.1 Å². The van der Waals surface area contributed by atoms with Crippen molar-refractivity contribution < 1.29 is 4.79 Å². The van der Waals surface area contributed by atoms with Gasteiger partial charge in [-0.15, -0.1) is 0 Å². The SMILES string of the molecule is CNC(=O)C(C)n1nc(C)c(N)c1C. The fourth-order valence-electron chi connectivity index (χ4n) is 1.37. The highest BCUT2D eigenvalue weighted by Gasteiger charge is 2.18. The first kappa shape index (κ1) is 10.6. The van der Waals surface area contributed by atoms with Crippen LogP contribution in [0.4, 0.5) is 5.69 Å². The maximum absolute atomic E-state index is 11.4. The van der Waals surface area contributed by atoms with E-state index in [2.05, 4.69) is 10.4 Å². The molecule has 0 bridgehead atoms. The number of nitrogens with zero attached hydrogens (tertiary/aromatic N) is 2. The molecule has 1 amide bonds. The normalized spacial score (nSPS) is 12.6. The summed E-state index contributed by atoms with van der Waals surface area (Å²) in [7, 11) is 1.61. The van der Waals surface area contributed by atoms with Gasteiger partial charge in [-0.1, -0.05) is 0 Å². The van der Waals surface area contributed by atoms with Crippen LogP contribution in [-0.2, 0) is 4.79 Å². The Hall–Kier alpha value is -1.52. The van der Waals surface area contributed by atoms with Crippen molar-refractivity contribution in [2.45, 2.75) is 26.8 Å². The van der Waals surface area contributed by atoms with E-state index in [0.29, 0.717) is 5.69 Å². The molecule has 1 rings (SSSR count). The quantitative estimate of drug-likeness (QED) is 0.718. The fraction of sp³-hybridized carbons (Fsp3) is 0.556. The molecular weight excluding hydrogens is 180 g/mol. The molecule has 1 atom stereocenters. The highest BCUT2D eigenvalue weighted by molar-refractivity contribution is 5.79. The lowest BCUT2D eigenvalue weighted by molar-refractivity contribution is -0.123. The largest absolute Gasteiger partial charge is 0.396 e. The third-order valence-electron chi connectivity index (χ3n) is 2.37. The number of hydrogen-bond acceptors (Lipinski definition) is 3. The smallest absolute Gasteiger partial charge is 0.244 e. The van der Waals surface area contributed by atoms with Crippen molar-refractivity contribution >= 4 is 11.6 Å². The molecule has 5 heteroatoms. The van der Waals surface area contributed by atoms with E-state index in [4.69, 9.17) is 5.73 Å². The van der Waals surface area contributed by atoms with Crippen LogP contribution in [0.5, 0.6) is 0 Å². The Labute approximate surface area is 83.3 Å². The Morgan fingerprint density at radius 3 is 2.50 bits per heavy atom. The first-order chi connectivity index (χ1) is 6.49. The Morgan fingerprint density at radius 2 is 2.14 bits per heavy atom. The van der Waals surface area contributed by atoms with Gasteiger partial charge in [-0.3, -0.25) is 9.48 Å². The molecule has 1 unspecified atom stereocenters. The van der Waals surface area contributed by atoms with Gasteiger partial charge in [0, 0.05) is 7.05 Å². The molecule has 78 valence electrons. The lowest BCUT2D eigenvalue weighted by atomic mass is 10.3. The molecule has 0 spiro atoms. The average Bonchev–Trinajstić information content (AvgIpc) is 2.43. The lowest BCUT2D eigenvalue weighted by Crippen LogP contribution is -2.29. The molecule has 1 aromatic rings. The maximum atomic E-state index is 11.4.